The van der Waals surface area contributed by atoms with E-state index >= 15 is 0 Å². The first-order valence-electron chi connectivity index (χ1n) is 4.08. The molecule has 0 aliphatic heterocycles. The molecule has 0 aromatic heterocycles. The van der Waals surface area contributed by atoms with Crippen molar-refractivity contribution in [1.82, 2.24) is 14.9 Å². The van der Waals surface area contributed by atoms with Crippen LogP contribution in [0.15, 0.2) is 0 Å². The van der Waals surface area contributed by atoms with Gasteiger partial charge in [-0.05, 0) is 7.05 Å². The zero-order valence-corrected chi connectivity index (χ0v) is 8.88. The van der Waals surface area contributed by atoms with Crippen molar-refractivity contribution in [2.45, 2.75) is 0 Å². The van der Waals surface area contributed by atoms with Crippen LogP contribution in [-0.2, 0) is 15.0 Å². The predicted octanol–water partition coefficient (Wildman–Crippen LogP) is -2.54. The summed E-state index contributed by atoms with van der Waals surface area (Å²) in [4.78, 5) is 11.8. The Balaban J connectivity index is 3.44. The van der Waals surface area contributed by atoms with Gasteiger partial charge in [-0.15, -0.1) is 0 Å². The summed E-state index contributed by atoms with van der Waals surface area (Å²) >= 11 is 0. The monoisotopic (exact) mass is 224 g/mol. The number of hydrogen-bond acceptors (Lipinski definition) is 4. The lowest BCUT2D eigenvalue weighted by Gasteiger charge is -2.15. The van der Waals surface area contributed by atoms with Crippen LogP contribution >= 0.6 is 0 Å². The molecular weight excluding hydrogens is 208 g/mol. The summed E-state index contributed by atoms with van der Waals surface area (Å²) in [6, 6.07) is 0. The quantitative estimate of drug-likeness (QED) is 0.312. The number of carbonyl (C=O) groups is 1. The molecule has 4 N–H and O–H groups in total. The molecule has 0 rings (SSSR count). The third-order valence-electron chi connectivity index (χ3n) is 1.52. The normalized spacial score (nSPS) is 11.6. The van der Waals surface area contributed by atoms with E-state index < -0.39 is 10.2 Å². The second-order valence-corrected chi connectivity index (χ2v) is 4.19. The van der Waals surface area contributed by atoms with Crippen LogP contribution in [0.5, 0.6) is 0 Å². The smallest absolute Gasteiger partial charge is 0.274 e. The summed E-state index contributed by atoms with van der Waals surface area (Å²) in [6.07, 6.45) is 0.621. The Morgan fingerprint density at radius 3 is 2.43 bits per heavy atom. The van der Waals surface area contributed by atoms with E-state index in [1.807, 2.05) is 11.9 Å². The molecule has 0 spiro atoms. The molecule has 0 fully saturated rings. The van der Waals surface area contributed by atoms with Crippen molar-refractivity contribution in [2.24, 2.45) is 5.14 Å². The van der Waals surface area contributed by atoms with E-state index in [9.17, 15) is 13.2 Å². The van der Waals surface area contributed by atoms with Crippen molar-refractivity contribution in [3.05, 3.63) is 0 Å². The zero-order valence-electron chi connectivity index (χ0n) is 8.06. The van der Waals surface area contributed by atoms with Crippen molar-refractivity contribution in [2.75, 3.05) is 33.2 Å². The fraction of sp³-hybridized carbons (Fsp3) is 0.833. The Labute approximate surface area is 83.8 Å². The number of rotatable bonds is 8. The molecule has 8 heteroatoms. The third kappa shape index (κ3) is 9.39. The minimum absolute atomic E-state index is 0.260. The summed E-state index contributed by atoms with van der Waals surface area (Å²) in [7, 11) is -1.78. The molecule has 1 amide bonds. The highest BCUT2D eigenvalue weighted by atomic mass is 32.2. The first kappa shape index (κ1) is 13.3. The minimum atomic E-state index is -3.59. The minimum Gasteiger partial charge on any atom is -0.357 e. The Morgan fingerprint density at radius 1 is 1.36 bits per heavy atom. The molecule has 0 aromatic carbocycles. The summed E-state index contributed by atoms with van der Waals surface area (Å²) in [5, 5.41) is 7.23. The van der Waals surface area contributed by atoms with Crippen LogP contribution in [0.4, 0.5) is 0 Å². The van der Waals surface area contributed by atoms with E-state index in [0.717, 1.165) is 0 Å². The highest BCUT2D eigenvalue weighted by molar-refractivity contribution is 7.87. The maximum atomic E-state index is 10.5. The SMILES string of the molecule is CN(CCNC=O)CCNS(N)(=O)=O. The lowest BCUT2D eigenvalue weighted by atomic mass is 10.5. The van der Waals surface area contributed by atoms with Gasteiger partial charge in [0.25, 0.3) is 10.2 Å². The fourth-order valence-electron chi connectivity index (χ4n) is 0.805. The van der Waals surface area contributed by atoms with Crippen molar-refractivity contribution < 1.29 is 13.2 Å². The highest BCUT2D eigenvalue weighted by Gasteiger charge is 2.01. The van der Waals surface area contributed by atoms with Gasteiger partial charge in [0.15, 0.2) is 0 Å². The van der Waals surface area contributed by atoms with Gasteiger partial charge in [0.1, 0.15) is 0 Å². The van der Waals surface area contributed by atoms with E-state index in [1.54, 1.807) is 0 Å². The number of amides is 1. The Morgan fingerprint density at radius 2 is 1.93 bits per heavy atom. The van der Waals surface area contributed by atoms with Gasteiger partial charge in [-0.25, -0.2) is 9.86 Å². The molecule has 0 heterocycles. The second-order valence-electron chi connectivity index (χ2n) is 2.81. The van der Waals surface area contributed by atoms with Crippen LogP contribution in [0, 0.1) is 0 Å². The molecule has 0 unspecified atom stereocenters. The van der Waals surface area contributed by atoms with Crippen molar-refractivity contribution >= 4 is 16.6 Å². The van der Waals surface area contributed by atoms with Crippen molar-refractivity contribution in [3.63, 3.8) is 0 Å². The molecule has 0 radical (unpaired) electrons. The van der Waals surface area contributed by atoms with E-state index in [-0.39, 0.29) is 6.54 Å². The molecule has 0 aliphatic rings. The highest BCUT2D eigenvalue weighted by Crippen LogP contribution is 1.79. The van der Waals surface area contributed by atoms with Gasteiger partial charge >= 0.3 is 0 Å². The van der Waals surface area contributed by atoms with E-state index in [1.165, 1.54) is 0 Å². The molecule has 0 saturated carbocycles. The van der Waals surface area contributed by atoms with Gasteiger partial charge < -0.3 is 10.2 Å². The molecule has 0 bridgehead atoms. The first-order chi connectivity index (χ1) is 6.45. The van der Waals surface area contributed by atoms with Gasteiger partial charge in [-0.2, -0.15) is 8.42 Å². The van der Waals surface area contributed by atoms with Gasteiger partial charge in [0.2, 0.25) is 6.41 Å². The molecule has 0 atom stereocenters. The van der Waals surface area contributed by atoms with Crippen molar-refractivity contribution in [1.29, 1.82) is 0 Å². The molecular formula is C6H16N4O3S. The summed E-state index contributed by atoms with van der Waals surface area (Å²) in [5.41, 5.74) is 0. The maximum absolute atomic E-state index is 10.5. The average Bonchev–Trinajstić information content (AvgIpc) is 2.02. The first-order valence-corrected chi connectivity index (χ1v) is 5.63. The van der Waals surface area contributed by atoms with Gasteiger partial charge in [-0.3, -0.25) is 4.79 Å². The van der Waals surface area contributed by atoms with Crippen LogP contribution in [0.25, 0.3) is 0 Å². The average molecular weight is 224 g/mol. The summed E-state index contributed by atoms with van der Waals surface area (Å²) in [5.74, 6) is 0. The van der Waals surface area contributed by atoms with Crippen LogP contribution in [0.1, 0.15) is 0 Å². The third-order valence-corrected chi connectivity index (χ3v) is 2.12. The topological polar surface area (TPSA) is 105 Å². The molecule has 0 aliphatic carbocycles. The number of nitrogens with zero attached hydrogens (tertiary/aromatic N) is 1. The Hall–Kier alpha value is -0.700. The number of nitrogens with one attached hydrogen (secondary N) is 2. The van der Waals surface area contributed by atoms with Crippen LogP contribution < -0.4 is 15.2 Å². The second kappa shape index (κ2) is 6.71. The summed E-state index contributed by atoms with van der Waals surface area (Å²) < 4.78 is 23.1. The van der Waals surface area contributed by atoms with Gasteiger partial charge in [0.05, 0.1) is 0 Å². The summed E-state index contributed by atoms with van der Waals surface area (Å²) in [6.45, 7) is 1.99. The van der Waals surface area contributed by atoms with Crippen molar-refractivity contribution in [3.8, 4) is 0 Å². The van der Waals surface area contributed by atoms with E-state index in [4.69, 9.17) is 5.14 Å². The van der Waals surface area contributed by atoms with Crippen LogP contribution in [-0.4, -0.2) is 53.0 Å². The number of carbonyl (C=O) groups excluding carboxylic acids is 1. The molecule has 14 heavy (non-hydrogen) atoms. The van der Waals surface area contributed by atoms with E-state index in [2.05, 4.69) is 10.0 Å². The number of nitrogens with two attached hydrogens (primary N) is 1. The van der Waals surface area contributed by atoms with Gasteiger partial charge in [-0.1, -0.05) is 0 Å². The number of likely N-dealkylation sites (N-methyl/N-ethyl adjacent to an activating group) is 1. The Kier molecular flexibility index (Phi) is 6.37. The molecule has 0 saturated heterocycles. The maximum Gasteiger partial charge on any atom is 0.274 e. The van der Waals surface area contributed by atoms with Crippen LogP contribution in [0.2, 0.25) is 0 Å². The molecule has 0 aromatic rings. The number of hydrogen-bond donors (Lipinski definition) is 3. The molecule has 84 valence electrons. The zero-order chi connectivity index (χ0) is 11.0. The predicted molar refractivity (Wildman–Crippen MR) is 52.7 cm³/mol. The largest absolute Gasteiger partial charge is 0.357 e. The lowest BCUT2D eigenvalue weighted by Crippen LogP contribution is -2.38. The Bertz CT molecular complexity index is 254. The standard InChI is InChI=1S/C6H16N4O3S/c1-10(4-2-8-6-11)5-3-9-14(7,12)13/h6,9H,2-5H2,1H3,(H,8,11)(H2,7,12,13). The van der Waals surface area contributed by atoms with E-state index in [0.29, 0.717) is 26.0 Å². The molecule has 7 nitrogen and oxygen atoms in total. The van der Waals surface area contributed by atoms with Gasteiger partial charge in [0, 0.05) is 26.2 Å². The fourth-order valence-corrected chi connectivity index (χ4v) is 1.18. The lowest BCUT2D eigenvalue weighted by molar-refractivity contribution is -0.109. The van der Waals surface area contributed by atoms with Crippen LogP contribution in [0.3, 0.4) is 0 Å².